The first-order valence-electron chi connectivity index (χ1n) is 4.24. The summed E-state index contributed by atoms with van der Waals surface area (Å²) in [4.78, 5) is 17.9. The molecular formula is C9H11N5O. The van der Waals surface area contributed by atoms with Crippen molar-refractivity contribution in [3.05, 3.63) is 22.0 Å². The van der Waals surface area contributed by atoms with Crippen molar-refractivity contribution in [1.29, 1.82) is 5.26 Å². The molecule has 0 aliphatic heterocycles. The van der Waals surface area contributed by atoms with Gasteiger partial charge in [0.1, 0.15) is 5.82 Å². The van der Waals surface area contributed by atoms with E-state index >= 15 is 0 Å². The topological polar surface area (TPSA) is 108 Å². The molecule has 1 rings (SSSR count). The first-order valence-corrected chi connectivity index (χ1v) is 4.24. The van der Waals surface area contributed by atoms with Gasteiger partial charge in [0, 0.05) is 13.1 Å². The Morgan fingerprint density at radius 3 is 2.93 bits per heavy atom. The number of nitrogen functional groups attached to an aromatic ring is 1. The van der Waals surface area contributed by atoms with Gasteiger partial charge in [-0.25, -0.2) is 0 Å². The van der Waals surface area contributed by atoms with Crippen LogP contribution in [0.25, 0.3) is 5.57 Å². The summed E-state index contributed by atoms with van der Waals surface area (Å²) in [5.74, 6) is 0.401. The predicted octanol–water partition coefficient (Wildman–Crippen LogP) is 0.321. The van der Waals surface area contributed by atoms with Crippen LogP contribution in [0.2, 0.25) is 0 Å². The number of anilines is 2. The maximum absolute atomic E-state index is 11.6. The van der Waals surface area contributed by atoms with Crippen LogP contribution in [0.15, 0.2) is 10.9 Å². The van der Waals surface area contributed by atoms with Crippen molar-refractivity contribution in [2.75, 3.05) is 18.1 Å². The number of rotatable bonds is 2. The summed E-state index contributed by atoms with van der Waals surface area (Å²) in [5, 5.41) is 11.3. The minimum absolute atomic E-state index is 0.0397. The average Bonchev–Trinajstić information content (AvgIpc) is 2.16. The van der Waals surface area contributed by atoms with Crippen LogP contribution >= 0.6 is 0 Å². The molecule has 1 heterocycles. The molecule has 0 aliphatic rings. The monoisotopic (exact) mass is 205 g/mol. The zero-order valence-electron chi connectivity index (χ0n) is 8.46. The quantitative estimate of drug-likeness (QED) is 0.602. The Bertz CT molecular complexity index is 494. The summed E-state index contributed by atoms with van der Waals surface area (Å²) in [7, 11) is 1.63. The number of nitrogens with one attached hydrogen (secondary N) is 2. The molecule has 6 nitrogen and oxygen atoms in total. The van der Waals surface area contributed by atoms with Gasteiger partial charge in [-0.1, -0.05) is 0 Å². The number of allylic oxidation sites excluding steroid dienone is 2. The Labute approximate surface area is 86.4 Å². The number of H-pyrrole nitrogens is 1. The fraction of sp³-hybridized carbons (Fsp3) is 0.222. The number of hydrogen-bond donors (Lipinski definition) is 3. The summed E-state index contributed by atoms with van der Waals surface area (Å²) in [6, 6.07) is 1.86. The Morgan fingerprint density at radius 1 is 1.73 bits per heavy atom. The highest BCUT2D eigenvalue weighted by atomic mass is 16.1. The SMILES string of the molecule is CNc1nc(N)[nH]c(=O)c1/C(C)=C/C#N. The van der Waals surface area contributed by atoms with E-state index in [9.17, 15) is 4.79 Å². The van der Waals surface area contributed by atoms with E-state index in [-0.39, 0.29) is 11.5 Å². The predicted molar refractivity (Wildman–Crippen MR) is 58.1 cm³/mol. The normalized spacial score (nSPS) is 10.9. The number of nitriles is 1. The van der Waals surface area contributed by atoms with Gasteiger partial charge in [-0.05, 0) is 12.5 Å². The molecule has 0 aliphatic carbocycles. The largest absolute Gasteiger partial charge is 0.372 e. The van der Waals surface area contributed by atoms with Gasteiger partial charge >= 0.3 is 0 Å². The molecule has 78 valence electrons. The number of nitrogens with two attached hydrogens (primary N) is 1. The fourth-order valence-electron chi connectivity index (χ4n) is 1.21. The van der Waals surface area contributed by atoms with E-state index < -0.39 is 0 Å². The molecule has 0 atom stereocenters. The van der Waals surface area contributed by atoms with Crippen LogP contribution < -0.4 is 16.6 Å². The molecule has 1 aromatic heterocycles. The van der Waals surface area contributed by atoms with Crippen molar-refractivity contribution >= 4 is 17.3 Å². The highest BCUT2D eigenvalue weighted by Gasteiger charge is 2.10. The van der Waals surface area contributed by atoms with Crippen molar-refractivity contribution < 1.29 is 0 Å². The Balaban J connectivity index is 3.48. The molecule has 6 heteroatoms. The minimum atomic E-state index is -0.365. The van der Waals surface area contributed by atoms with Crippen LogP contribution in [0.4, 0.5) is 11.8 Å². The lowest BCUT2D eigenvalue weighted by Crippen LogP contribution is -2.18. The lowest BCUT2D eigenvalue weighted by Gasteiger charge is -2.07. The zero-order chi connectivity index (χ0) is 11.4. The van der Waals surface area contributed by atoms with E-state index in [2.05, 4.69) is 15.3 Å². The number of aromatic amines is 1. The Kier molecular flexibility index (Phi) is 3.08. The van der Waals surface area contributed by atoms with Gasteiger partial charge < -0.3 is 11.1 Å². The summed E-state index contributed by atoms with van der Waals surface area (Å²) in [6.45, 7) is 1.66. The summed E-state index contributed by atoms with van der Waals surface area (Å²) in [5.41, 5.74) is 5.89. The van der Waals surface area contributed by atoms with E-state index in [1.54, 1.807) is 14.0 Å². The molecule has 0 amide bonds. The Morgan fingerprint density at radius 2 is 2.40 bits per heavy atom. The maximum atomic E-state index is 11.6. The Hall–Kier alpha value is -2.29. The molecule has 0 unspecified atom stereocenters. The molecule has 0 saturated carbocycles. The molecule has 15 heavy (non-hydrogen) atoms. The molecule has 1 aromatic rings. The molecule has 4 N–H and O–H groups in total. The number of aromatic nitrogens is 2. The first-order chi connectivity index (χ1) is 7.10. The zero-order valence-corrected chi connectivity index (χ0v) is 8.46. The van der Waals surface area contributed by atoms with E-state index in [0.717, 1.165) is 0 Å². The smallest absolute Gasteiger partial charge is 0.261 e. The highest BCUT2D eigenvalue weighted by molar-refractivity contribution is 5.73. The molecule has 0 fully saturated rings. The second-order valence-corrected chi connectivity index (χ2v) is 2.88. The van der Waals surface area contributed by atoms with E-state index in [0.29, 0.717) is 17.0 Å². The molecule has 0 spiro atoms. The highest BCUT2D eigenvalue weighted by Crippen LogP contribution is 2.16. The lowest BCUT2D eigenvalue weighted by molar-refractivity contribution is 1.11. The first kappa shape index (κ1) is 10.8. The van der Waals surface area contributed by atoms with Gasteiger partial charge in [0.05, 0.1) is 11.6 Å². The molecule has 0 bridgehead atoms. The summed E-state index contributed by atoms with van der Waals surface area (Å²) < 4.78 is 0. The molecular weight excluding hydrogens is 194 g/mol. The van der Waals surface area contributed by atoms with Gasteiger partial charge in [-0.2, -0.15) is 10.2 Å². The van der Waals surface area contributed by atoms with Crippen LogP contribution in [-0.2, 0) is 0 Å². The van der Waals surface area contributed by atoms with Gasteiger partial charge in [0.25, 0.3) is 5.56 Å². The van der Waals surface area contributed by atoms with Crippen LogP contribution in [-0.4, -0.2) is 17.0 Å². The van der Waals surface area contributed by atoms with Crippen molar-refractivity contribution in [2.24, 2.45) is 0 Å². The van der Waals surface area contributed by atoms with Gasteiger partial charge in [-0.15, -0.1) is 0 Å². The van der Waals surface area contributed by atoms with Gasteiger partial charge in [0.15, 0.2) is 0 Å². The van der Waals surface area contributed by atoms with Crippen molar-refractivity contribution in [2.45, 2.75) is 6.92 Å². The molecule has 0 radical (unpaired) electrons. The van der Waals surface area contributed by atoms with E-state index in [1.165, 1.54) is 6.08 Å². The third kappa shape index (κ3) is 2.14. The lowest BCUT2D eigenvalue weighted by atomic mass is 10.1. The second kappa shape index (κ2) is 4.28. The van der Waals surface area contributed by atoms with Crippen LogP contribution in [0, 0.1) is 11.3 Å². The van der Waals surface area contributed by atoms with Crippen molar-refractivity contribution in [3.63, 3.8) is 0 Å². The van der Waals surface area contributed by atoms with Gasteiger partial charge in [-0.3, -0.25) is 9.78 Å². The van der Waals surface area contributed by atoms with E-state index in [1.807, 2.05) is 6.07 Å². The number of nitrogens with zero attached hydrogens (tertiary/aromatic N) is 2. The molecule has 0 saturated heterocycles. The van der Waals surface area contributed by atoms with Crippen molar-refractivity contribution in [1.82, 2.24) is 9.97 Å². The standard InChI is InChI=1S/C9H11N5O/c1-5(3-4-10)6-7(12-2)13-9(11)14-8(6)15/h3H,1-2H3,(H4,11,12,13,14,15)/b5-3+. The number of hydrogen-bond acceptors (Lipinski definition) is 5. The third-order valence-electron chi connectivity index (χ3n) is 1.85. The van der Waals surface area contributed by atoms with Crippen LogP contribution in [0.1, 0.15) is 12.5 Å². The minimum Gasteiger partial charge on any atom is -0.372 e. The van der Waals surface area contributed by atoms with Crippen LogP contribution in [0.3, 0.4) is 0 Å². The maximum Gasteiger partial charge on any atom is 0.261 e. The second-order valence-electron chi connectivity index (χ2n) is 2.88. The van der Waals surface area contributed by atoms with Gasteiger partial charge in [0.2, 0.25) is 5.95 Å². The average molecular weight is 205 g/mol. The van der Waals surface area contributed by atoms with E-state index in [4.69, 9.17) is 11.0 Å². The third-order valence-corrected chi connectivity index (χ3v) is 1.85. The van der Waals surface area contributed by atoms with Crippen LogP contribution in [0.5, 0.6) is 0 Å². The summed E-state index contributed by atoms with van der Waals surface area (Å²) in [6.07, 6.45) is 1.28. The van der Waals surface area contributed by atoms with Crippen molar-refractivity contribution in [3.8, 4) is 6.07 Å². The molecule has 0 aromatic carbocycles. The summed E-state index contributed by atoms with van der Waals surface area (Å²) >= 11 is 0. The fourth-order valence-corrected chi connectivity index (χ4v) is 1.21.